The maximum Gasteiger partial charge on any atom is 0.235 e. The Bertz CT molecular complexity index is 198. The van der Waals surface area contributed by atoms with Gasteiger partial charge in [0, 0.05) is 25.5 Å². The van der Waals surface area contributed by atoms with E-state index in [1.807, 2.05) is 4.90 Å². The molecule has 0 aromatic rings. The van der Waals surface area contributed by atoms with Crippen molar-refractivity contribution in [2.45, 2.75) is 18.1 Å². The van der Waals surface area contributed by atoms with Crippen LogP contribution in [0.25, 0.3) is 0 Å². The second kappa shape index (κ2) is 7.52. The Balaban J connectivity index is 2.41. The number of thioether (sulfide) groups is 1. The van der Waals surface area contributed by atoms with Gasteiger partial charge >= 0.3 is 0 Å². The lowest BCUT2D eigenvalue weighted by atomic mass is 10.2. The van der Waals surface area contributed by atoms with Crippen LogP contribution in [0.15, 0.2) is 0 Å². The van der Waals surface area contributed by atoms with Gasteiger partial charge in [0.25, 0.3) is 0 Å². The van der Waals surface area contributed by atoms with E-state index in [9.17, 15) is 4.79 Å². The van der Waals surface area contributed by atoms with Crippen LogP contribution in [0.5, 0.6) is 0 Å². The summed E-state index contributed by atoms with van der Waals surface area (Å²) in [6, 6.07) is 0. The highest BCUT2D eigenvalue weighted by atomic mass is 79.9. The minimum atomic E-state index is 0.195. The number of amides is 1. The topological polar surface area (TPSA) is 29.5 Å². The molecular formula is C10H18BrNO2S. The summed E-state index contributed by atoms with van der Waals surface area (Å²) in [6.07, 6.45) is 2.21. The van der Waals surface area contributed by atoms with Gasteiger partial charge in [-0.15, -0.1) is 11.8 Å². The summed E-state index contributed by atoms with van der Waals surface area (Å²) >= 11 is 5.17. The lowest BCUT2D eigenvalue weighted by Gasteiger charge is -2.24. The summed E-state index contributed by atoms with van der Waals surface area (Å²) in [5, 5.41) is 1.03. The number of alkyl halides is 1. The first-order chi connectivity index (χ1) is 7.29. The third kappa shape index (κ3) is 4.33. The van der Waals surface area contributed by atoms with Crippen molar-refractivity contribution >= 4 is 33.6 Å². The van der Waals surface area contributed by atoms with Crippen LogP contribution in [-0.2, 0) is 9.53 Å². The maximum atomic E-state index is 12.1. The van der Waals surface area contributed by atoms with Crippen LogP contribution in [0.2, 0.25) is 0 Å². The summed E-state index contributed by atoms with van der Waals surface area (Å²) < 4.78 is 5.02. The van der Waals surface area contributed by atoms with Crippen molar-refractivity contribution in [3.63, 3.8) is 0 Å². The number of methoxy groups -OCH3 is 1. The standard InChI is InChI=1S/C10H18BrNO2S/c1-14-7-6-12(5-4-11)10(13)9-3-2-8-15-9/h9H,2-8H2,1H3. The predicted molar refractivity (Wildman–Crippen MR) is 67.7 cm³/mol. The molecule has 1 rings (SSSR count). The third-order valence-electron chi connectivity index (χ3n) is 2.44. The Kier molecular flexibility index (Phi) is 6.68. The molecule has 1 atom stereocenters. The Morgan fingerprint density at radius 2 is 2.40 bits per heavy atom. The average molecular weight is 296 g/mol. The predicted octanol–water partition coefficient (Wildman–Crippen LogP) is 1.75. The molecule has 1 heterocycles. The van der Waals surface area contributed by atoms with Crippen molar-refractivity contribution in [3.05, 3.63) is 0 Å². The Hall–Kier alpha value is 0.260. The van der Waals surface area contributed by atoms with Gasteiger partial charge in [0.15, 0.2) is 0 Å². The molecule has 1 fully saturated rings. The Labute approximate surface area is 104 Å². The van der Waals surface area contributed by atoms with Gasteiger partial charge in [-0.25, -0.2) is 0 Å². The fourth-order valence-electron chi connectivity index (χ4n) is 1.61. The minimum absolute atomic E-state index is 0.195. The molecular weight excluding hydrogens is 278 g/mol. The van der Waals surface area contributed by atoms with Gasteiger partial charge in [-0.3, -0.25) is 4.79 Å². The van der Waals surface area contributed by atoms with Gasteiger partial charge < -0.3 is 9.64 Å². The molecule has 0 radical (unpaired) electrons. The van der Waals surface area contributed by atoms with E-state index < -0.39 is 0 Å². The normalized spacial score (nSPS) is 20.5. The molecule has 0 saturated carbocycles. The molecule has 1 unspecified atom stereocenters. The molecule has 1 saturated heterocycles. The van der Waals surface area contributed by atoms with Crippen LogP contribution in [0.3, 0.4) is 0 Å². The summed E-state index contributed by atoms with van der Waals surface area (Å²) in [5.74, 6) is 1.41. The zero-order chi connectivity index (χ0) is 11.1. The van der Waals surface area contributed by atoms with Crippen molar-refractivity contribution in [2.24, 2.45) is 0 Å². The quantitative estimate of drug-likeness (QED) is 0.699. The summed E-state index contributed by atoms with van der Waals surface area (Å²) in [7, 11) is 1.67. The van der Waals surface area contributed by atoms with Crippen molar-refractivity contribution in [2.75, 3.05) is 37.9 Å². The second-order valence-electron chi connectivity index (χ2n) is 3.51. The molecule has 5 heteroatoms. The number of hydrogen-bond donors (Lipinski definition) is 0. The third-order valence-corrected chi connectivity index (χ3v) is 4.16. The smallest absolute Gasteiger partial charge is 0.235 e. The van der Waals surface area contributed by atoms with E-state index in [0.29, 0.717) is 13.2 Å². The van der Waals surface area contributed by atoms with Crippen molar-refractivity contribution < 1.29 is 9.53 Å². The van der Waals surface area contributed by atoms with Crippen LogP contribution in [0.4, 0.5) is 0 Å². The summed E-state index contributed by atoms with van der Waals surface area (Å²) in [5.41, 5.74) is 0. The van der Waals surface area contributed by atoms with Gasteiger partial charge in [-0.05, 0) is 18.6 Å². The van der Waals surface area contributed by atoms with E-state index in [0.717, 1.165) is 24.0 Å². The summed E-state index contributed by atoms with van der Waals surface area (Å²) in [6.45, 7) is 2.10. The first kappa shape index (κ1) is 13.3. The molecule has 1 amide bonds. The Morgan fingerprint density at radius 3 is 2.93 bits per heavy atom. The molecule has 1 aliphatic heterocycles. The molecule has 0 aliphatic carbocycles. The van der Waals surface area contributed by atoms with Crippen molar-refractivity contribution in [1.29, 1.82) is 0 Å². The van der Waals surface area contributed by atoms with Crippen molar-refractivity contribution in [1.82, 2.24) is 4.90 Å². The highest BCUT2D eigenvalue weighted by Crippen LogP contribution is 2.27. The SMILES string of the molecule is COCCN(CCBr)C(=O)C1CCCS1. The Morgan fingerprint density at radius 1 is 1.60 bits per heavy atom. The van der Waals surface area contributed by atoms with Crippen LogP contribution < -0.4 is 0 Å². The monoisotopic (exact) mass is 295 g/mol. The number of halogens is 1. The zero-order valence-electron chi connectivity index (χ0n) is 9.08. The number of hydrogen-bond acceptors (Lipinski definition) is 3. The average Bonchev–Trinajstić information content (AvgIpc) is 2.76. The number of ether oxygens (including phenoxy) is 1. The van der Waals surface area contributed by atoms with Crippen LogP contribution in [-0.4, -0.2) is 53.9 Å². The fraction of sp³-hybridized carbons (Fsp3) is 0.900. The molecule has 88 valence electrons. The maximum absolute atomic E-state index is 12.1. The highest BCUT2D eigenvalue weighted by molar-refractivity contribution is 9.09. The lowest BCUT2D eigenvalue weighted by molar-refractivity contribution is -0.131. The van der Waals surface area contributed by atoms with E-state index in [1.165, 1.54) is 6.42 Å². The largest absolute Gasteiger partial charge is 0.383 e. The van der Waals surface area contributed by atoms with Gasteiger partial charge in [0.2, 0.25) is 5.91 Å². The second-order valence-corrected chi connectivity index (χ2v) is 5.61. The van der Waals surface area contributed by atoms with E-state index in [-0.39, 0.29) is 11.2 Å². The summed E-state index contributed by atoms with van der Waals surface area (Å²) in [4.78, 5) is 14.0. The molecule has 0 N–H and O–H groups in total. The van der Waals surface area contributed by atoms with Crippen LogP contribution >= 0.6 is 27.7 Å². The van der Waals surface area contributed by atoms with Gasteiger partial charge in [0.1, 0.15) is 0 Å². The highest BCUT2D eigenvalue weighted by Gasteiger charge is 2.27. The van der Waals surface area contributed by atoms with E-state index >= 15 is 0 Å². The van der Waals surface area contributed by atoms with E-state index in [1.54, 1.807) is 18.9 Å². The number of rotatable bonds is 6. The first-order valence-electron chi connectivity index (χ1n) is 5.25. The first-order valence-corrected chi connectivity index (χ1v) is 7.42. The molecule has 15 heavy (non-hydrogen) atoms. The minimum Gasteiger partial charge on any atom is -0.383 e. The lowest BCUT2D eigenvalue weighted by Crippen LogP contribution is -2.40. The molecule has 0 aromatic heterocycles. The van der Waals surface area contributed by atoms with Gasteiger partial charge in [0.05, 0.1) is 11.9 Å². The van der Waals surface area contributed by atoms with Crippen LogP contribution in [0.1, 0.15) is 12.8 Å². The number of nitrogens with zero attached hydrogens (tertiary/aromatic N) is 1. The molecule has 1 aliphatic rings. The molecule has 0 bridgehead atoms. The van der Waals surface area contributed by atoms with E-state index in [4.69, 9.17) is 4.74 Å². The van der Waals surface area contributed by atoms with Crippen molar-refractivity contribution in [3.8, 4) is 0 Å². The van der Waals surface area contributed by atoms with Gasteiger partial charge in [-0.2, -0.15) is 0 Å². The zero-order valence-corrected chi connectivity index (χ0v) is 11.5. The number of carbonyl (C=O) groups is 1. The fourth-order valence-corrected chi connectivity index (χ4v) is 3.28. The molecule has 0 spiro atoms. The van der Waals surface area contributed by atoms with Gasteiger partial charge in [-0.1, -0.05) is 15.9 Å². The molecule has 3 nitrogen and oxygen atoms in total. The number of carbonyl (C=O) groups excluding carboxylic acids is 1. The molecule has 0 aromatic carbocycles. The van der Waals surface area contributed by atoms with Crippen LogP contribution in [0, 0.1) is 0 Å². The van der Waals surface area contributed by atoms with E-state index in [2.05, 4.69) is 15.9 Å².